The van der Waals surface area contributed by atoms with Crippen LogP contribution >= 0.6 is 0 Å². The summed E-state index contributed by atoms with van der Waals surface area (Å²) in [7, 11) is 0. The van der Waals surface area contributed by atoms with Crippen molar-refractivity contribution in [3.05, 3.63) is 0 Å². The molecule has 0 bridgehead atoms. The monoisotopic (exact) mass is 192 g/mol. The topological polar surface area (TPSA) is 38.4 Å². The number of rotatable bonds is 2. The van der Waals surface area contributed by atoms with Gasteiger partial charge in [0, 0.05) is 5.92 Å². The summed E-state index contributed by atoms with van der Waals surface area (Å²) < 4.78 is 0. The molecule has 0 amide bonds. The smallest absolute Gasteiger partial charge is 0.0971 e. The summed E-state index contributed by atoms with van der Waals surface area (Å²) in [6.07, 6.45) is 9.43. The highest BCUT2D eigenvalue weighted by molar-refractivity contribution is 5.83. The van der Waals surface area contributed by atoms with Gasteiger partial charge >= 0.3 is 0 Å². The molecule has 0 aliphatic heterocycles. The molecule has 0 aromatic rings. The Morgan fingerprint density at radius 3 is 2.29 bits per heavy atom. The van der Waals surface area contributed by atoms with Gasteiger partial charge in [-0.3, -0.25) is 4.99 Å². The van der Waals surface area contributed by atoms with E-state index in [2.05, 4.69) is 0 Å². The number of aliphatic imine (C=N–C) groups is 1. The van der Waals surface area contributed by atoms with Gasteiger partial charge in [-0.2, -0.15) is 0 Å². The van der Waals surface area contributed by atoms with Gasteiger partial charge in [0.2, 0.25) is 0 Å². The standard InChI is InChI=1S/C12H20N2/c13-12(8-3-1-2-4-8)14-11-6-9-5-10(9)7-11/h8-11H,1-7H2,(H2,13,14). The molecule has 0 spiro atoms. The predicted octanol–water partition coefficient (Wildman–Crippen LogP) is 2.33. The first-order valence-electron chi connectivity index (χ1n) is 6.16. The molecule has 0 aromatic heterocycles. The third-order valence-corrected chi connectivity index (χ3v) is 4.32. The van der Waals surface area contributed by atoms with E-state index >= 15 is 0 Å². The molecule has 0 heterocycles. The fourth-order valence-corrected chi connectivity index (χ4v) is 3.33. The van der Waals surface area contributed by atoms with Crippen molar-refractivity contribution in [1.29, 1.82) is 0 Å². The molecule has 3 saturated carbocycles. The van der Waals surface area contributed by atoms with E-state index in [4.69, 9.17) is 10.7 Å². The Kier molecular flexibility index (Phi) is 2.03. The predicted molar refractivity (Wildman–Crippen MR) is 58.2 cm³/mol. The van der Waals surface area contributed by atoms with Gasteiger partial charge in [0.05, 0.1) is 11.9 Å². The van der Waals surface area contributed by atoms with E-state index in [-0.39, 0.29) is 0 Å². The van der Waals surface area contributed by atoms with Crippen molar-refractivity contribution in [2.24, 2.45) is 28.5 Å². The normalized spacial score (nSPS) is 42.9. The zero-order valence-corrected chi connectivity index (χ0v) is 8.78. The number of hydrogen-bond donors (Lipinski definition) is 1. The van der Waals surface area contributed by atoms with Crippen molar-refractivity contribution >= 4 is 5.84 Å². The maximum absolute atomic E-state index is 6.07. The van der Waals surface area contributed by atoms with E-state index in [0.29, 0.717) is 12.0 Å². The molecular formula is C12H20N2. The highest BCUT2D eigenvalue weighted by Gasteiger charge is 2.45. The maximum atomic E-state index is 6.07. The number of nitrogens with zero attached hydrogens (tertiary/aromatic N) is 1. The Balaban J connectivity index is 1.59. The van der Waals surface area contributed by atoms with Crippen LogP contribution in [0.4, 0.5) is 0 Å². The Morgan fingerprint density at radius 1 is 1.00 bits per heavy atom. The summed E-state index contributed by atoms with van der Waals surface area (Å²) in [6, 6.07) is 0.597. The average Bonchev–Trinajstić information content (AvgIpc) is 2.69. The van der Waals surface area contributed by atoms with E-state index in [1.807, 2.05) is 0 Å². The van der Waals surface area contributed by atoms with Gasteiger partial charge in [-0.15, -0.1) is 0 Å². The molecule has 14 heavy (non-hydrogen) atoms. The van der Waals surface area contributed by atoms with Crippen LogP contribution in [-0.2, 0) is 0 Å². The lowest BCUT2D eigenvalue weighted by Gasteiger charge is -2.12. The molecule has 78 valence electrons. The van der Waals surface area contributed by atoms with Crippen LogP contribution in [0.3, 0.4) is 0 Å². The van der Waals surface area contributed by atoms with E-state index in [1.165, 1.54) is 44.9 Å². The summed E-state index contributed by atoms with van der Waals surface area (Å²) in [6.45, 7) is 0. The molecule has 2 unspecified atom stereocenters. The van der Waals surface area contributed by atoms with Crippen LogP contribution in [0.15, 0.2) is 4.99 Å². The molecule has 2 atom stereocenters. The van der Waals surface area contributed by atoms with Crippen molar-refractivity contribution < 1.29 is 0 Å². The second-order valence-electron chi connectivity index (χ2n) is 5.42. The molecular weight excluding hydrogens is 172 g/mol. The fourth-order valence-electron chi connectivity index (χ4n) is 3.33. The molecule has 3 fully saturated rings. The van der Waals surface area contributed by atoms with Crippen molar-refractivity contribution in [2.75, 3.05) is 0 Å². The second kappa shape index (κ2) is 3.25. The van der Waals surface area contributed by atoms with Crippen molar-refractivity contribution in [3.8, 4) is 0 Å². The number of fused-ring (bicyclic) bond motifs is 1. The van der Waals surface area contributed by atoms with Gasteiger partial charge in [-0.05, 0) is 43.9 Å². The largest absolute Gasteiger partial charge is 0.387 e. The molecule has 3 rings (SSSR count). The Labute approximate surface area is 86.0 Å². The highest BCUT2D eigenvalue weighted by atomic mass is 14.9. The Morgan fingerprint density at radius 2 is 1.64 bits per heavy atom. The third-order valence-electron chi connectivity index (χ3n) is 4.32. The SMILES string of the molecule is NC(=NC1CC2CC2C1)C1CCCC1. The average molecular weight is 192 g/mol. The van der Waals surface area contributed by atoms with Crippen LogP contribution in [0.1, 0.15) is 44.9 Å². The van der Waals surface area contributed by atoms with Gasteiger partial charge in [0.15, 0.2) is 0 Å². The van der Waals surface area contributed by atoms with Crippen LogP contribution in [0.2, 0.25) is 0 Å². The van der Waals surface area contributed by atoms with Crippen molar-refractivity contribution in [3.63, 3.8) is 0 Å². The summed E-state index contributed by atoms with van der Waals surface area (Å²) in [4.78, 5) is 4.73. The summed E-state index contributed by atoms with van der Waals surface area (Å²) in [5.41, 5.74) is 6.07. The maximum Gasteiger partial charge on any atom is 0.0971 e. The molecule has 0 saturated heterocycles. The minimum atomic E-state index is 0.597. The molecule has 2 heteroatoms. The first-order chi connectivity index (χ1) is 6.83. The Hall–Kier alpha value is -0.530. The minimum absolute atomic E-state index is 0.597. The lowest BCUT2D eigenvalue weighted by Crippen LogP contribution is -2.23. The summed E-state index contributed by atoms with van der Waals surface area (Å²) >= 11 is 0. The van der Waals surface area contributed by atoms with E-state index < -0.39 is 0 Å². The zero-order chi connectivity index (χ0) is 9.54. The van der Waals surface area contributed by atoms with Gasteiger partial charge < -0.3 is 5.73 Å². The van der Waals surface area contributed by atoms with Crippen LogP contribution in [0, 0.1) is 17.8 Å². The number of hydrogen-bond acceptors (Lipinski definition) is 1. The summed E-state index contributed by atoms with van der Waals surface area (Å²) in [5.74, 6) is 3.67. The van der Waals surface area contributed by atoms with Gasteiger partial charge in [-0.1, -0.05) is 12.8 Å². The number of amidine groups is 1. The van der Waals surface area contributed by atoms with E-state index in [9.17, 15) is 0 Å². The van der Waals surface area contributed by atoms with Gasteiger partial charge in [-0.25, -0.2) is 0 Å². The fraction of sp³-hybridized carbons (Fsp3) is 0.917. The Bertz CT molecular complexity index is 243. The van der Waals surface area contributed by atoms with E-state index in [1.54, 1.807) is 0 Å². The van der Waals surface area contributed by atoms with Crippen LogP contribution in [0.5, 0.6) is 0 Å². The molecule has 3 aliphatic carbocycles. The first kappa shape index (κ1) is 8.75. The molecule has 2 nitrogen and oxygen atoms in total. The zero-order valence-electron chi connectivity index (χ0n) is 8.78. The quantitative estimate of drug-likeness (QED) is 0.529. The van der Waals surface area contributed by atoms with E-state index in [0.717, 1.165) is 17.7 Å². The first-order valence-corrected chi connectivity index (χ1v) is 6.16. The minimum Gasteiger partial charge on any atom is -0.387 e. The molecule has 0 aromatic carbocycles. The summed E-state index contributed by atoms with van der Waals surface area (Å²) in [5, 5.41) is 0. The lowest BCUT2D eigenvalue weighted by atomic mass is 10.1. The van der Waals surface area contributed by atoms with Gasteiger partial charge in [0.1, 0.15) is 0 Å². The number of nitrogens with two attached hydrogens (primary N) is 1. The highest BCUT2D eigenvalue weighted by Crippen LogP contribution is 2.52. The van der Waals surface area contributed by atoms with Crippen molar-refractivity contribution in [2.45, 2.75) is 51.0 Å². The van der Waals surface area contributed by atoms with Crippen molar-refractivity contribution in [1.82, 2.24) is 0 Å². The molecule has 0 radical (unpaired) electrons. The lowest BCUT2D eigenvalue weighted by molar-refractivity contribution is 0.603. The van der Waals surface area contributed by atoms with Crippen LogP contribution < -0.4 is 5.73 Å². The second-order valence-corrected chi connectivity index (χ2v) is 5.42. The van der Waals surface area contributed by atoms with Crippen LogP contribution in [0.25, 0.3) is 0 Å². The van der Waals surface area contributed by atoms with Gasteiger partial charge in [0.25, 0.3) is 0 Å². The van der Waals surface area contributed by atoms with Crippen LogP contribution in [-0.4, -0.2) is 11.9 Å². The molecule has 3 aliphatic rings. The molecule has 2 N–H and O–H groups in total. The third kappa shape index (κ3) is 1.55.